The first-order valence-electron chi connectivity index (χ1n) is 6.98. The quantitative estimate of drug-likeness (QED) is 0.857. The highest BCUT2D eigenvalue weighted by molar-refractivity contribution is 7.14. The van der Waals surface area contributed by atoms with E-state index in [1.165, 1.54) is 11.3 Å². The van der Waals surface area contributed by atoms with Gasteiger partial charge in [-0.2, -0.15) is 0 Å². The number of thiazole rings is 1. The molecular weight excluding hydrogens is 300 g/mol. The Morgan fingerprint density at radius 3 is 2.82 bits per heavy atom. The molecule has 0 aliphatic rings. The lowest BCUT2D eigenvalue weighted by molar-refractivity contribution is -0.116. The van der Waals surface area contributed by atoms with Crippen molar-refractivity contribution in [3.05, 3.63) is 41.2 Å². The number of hydrogen-bond acceptors (Lipinski definition) is 5. The van der Waals surface area contributed by atoms with Gasteiger partial charge in [-0.05, 0) is 18.1 Å². The summed E-state index contributed by atoms with van der Waals surface area (Å²) in [5.41, 5.74) is 1.07. The van der Waals surface area contributed by atoms with Crippen LogP contribution < -0.4 is 10.6 Å². The Kier molecular flexibility index (Phi) is 5.60. The van der Waals surface area contributed by atoms with E-state index in [0.717, 1.165) is 5.69 Å². The molecule has 0 aliphatic carbocycles. The van der Waals surface area contributed by atoms with E-state index in [9.17, 15) is 9.59 Å². The molecule has 0 saturated heterocycles. The number of pyridine rings is 1. The molecule has 0 aromatic carbocycles. The molecule has 2 heterocycles. The van der Waals surface area contributed by atoms with Crippen LogP contribution in [-0.2, 0) is 11.3 Å². The Balaban J connectivity index is 1.87. The molecule has 0 spiro atoms. The molecule has 0 atom stereocenters. The summed E-state index contributed by atoms with van der Waals surface area (Å²) in [6.07, 6.45) is 2.10. The second-order valence-electron chi connectivity index (χ2n) is 5.19. The molecule has 2 amide bonds. The first kappa shape index (κ1) is 16.1. The number of nitrogens with zero attached hydrogens (tertiary/aromatic N) is 2. The Morgan fingerprint density at radius 1 is 1.32 bits per heavy atom. The van der Waals surface area contributed by atoms with Gasteiger partial charge in [0.2, 0.25) is 5.91 Å². The highest BCUT2D eigenvalue weighted by Gasteiger charge is 2.13. The van der Waals surface area contributed by atoms with Crippen LogP contribution in [0.3, 0.4) is 0 Å². The standard InChI is InChI=1S/C15H18N4O2S/c1-10(2)7-13(20)19-15-18-12(9-22-15)14(21)17-8-11-5-3-4-6-16-11/h3-6,9-10H,7-8H2,1-2H3,(H,17,21)(H,18,19,20). The number of rotatable bonds is 6. The number of nitrogens with one attached hydrogen (secondary N) is 2. The van der Waals surface area contributed by atoms with Crippen LogP contribution in [0.5, 0.6) is 0 Å². The maximum absolute atomic E-state index is 12.0. The molecule has 2 aromatic rings. The first-order valence-corrected chi connectivity index (χ1v) is 7.86. The summed E-state index contributed by atoms with van der Waals surface area (Å²) in [7, 11) is 0. The van der Waals surface area contributed by atoms with Crippen LogP contribution >= 0.6 is 11.3 Å². The molecule has 0 unspecified atom stereocenters. The van der Waals surface area contributed by atoms with Crippen molar-refractivity contribution in [2.24, 2.45) is 5.92 Å². The molecule has 0 bridgehead atoms. The van der Waals surface area contributed by atoms with Crippen molar-refractivity contribution in [3.8, 4) is 0 Å². The van der Waals surface area contributed by atoms with Crippen LogP contribution in [-0.4, -0.2) is 21.8 Å². The molecule has 2 aromatic heterocycles. The largest absolute Gasteiger partial charge is 0.345 e. The lowest BCUT2D eigenvalue weighted by atomic mass is 10.1. The van der Waals surface area contributed by atoms with E-state index in [1.54, 1.807) is 11.6 Å². The number of aromatic nitrogens is 2. The van der Waals surface area contributed by atoms with E-state index < -0.39 is 0 Å². The fourth-order valence-electron chi connectivity index (χ4n) is 1.74. The van der Waals surface area contributed by atoms with Crippen LogP contribution in [0.2, 0.25) is 0 Å². The van der Waals surface area contributed by atoms with Crippen LogP contribution in [0.25, 0.3) is 0 Å². The maximum Gasteiger partial charge on any atom is 0.271 e. The third-order valence-electron chi connectivity index (χ3n) is 2.73. The van der Waals surface area contributed by atoms with Crippen molar-refractivity contribution in [2.75, 3.05) is 5.32 Å². The van der Waals surface area contributed by atoms with Crippen LogP contribution in [0.4, 0.5) is 5.13 Å². The fraction of sp³-hybridized carbons (Fsp3) is 0.333. The molecule has 2 N–H and O–H groups in total. The van der Waals surface area contributed by atoms with Crippen molar-refractivity contribution in [2.45, 2.75) is 26.8 Å². The second-order valence-corrected chi connectivity index (χ2v) is 6.05. The van der Waals surface area contributed by atoms with Crippen molar-refractivity contribution in [1.82, 2.24) is 15.3 Å². The lowest BCUT2D eigenvalue weighted by Crippen LogP contribution is -2.23. The predicted octanol–water partition coefficient (Wildman–Crippen LogP) is 2.45. The molecular formula is C15H18N4O2S. The summed E-state index contributed by atoms with van der Waals surface area (Å²) in [6, 6.07) is 5.51. The number of hydrogen-bond donors (Lipinski definition) is 2. The van der Waals surface area contributed by atoms with Gasteiger partial charge in [-0.15, -0.1) is 11.3 Å². The summed E-state index contributed by atoms with van der Waals surface area (Å²) in [6.45, 7) is 4.28. The normalized spacial score (nSPS) is 10.5. The highest BCUT2D eigenvalue weighted by atomic mass is 32.1. The smallest absolute Gasteiger partial charge is 0.271 e. The Hall–Kier alpha value is -2.28. The summed E-state index contributed by atoms with van der Waals surface area (Å²) < 4.78 is 0. The van der Waals surface area contributed by atoms with E-state index in [1.807, 2.05) is 32.0 Å². The van der Waals surface area contributed by atoms with E-state index >= 15 is 0 Å². The zero-order valence-corrected chi connectivity index (χ0v) is 13.3. The van der Waals surface area contributed by atoms with Crippen LogP contribution in [0.15, 0.2) is 29.8 Å². The fourth-order valence-corrected chi connectivity index (χ4v) is 2.45. The highest BCUT2D eigenvalue weighted by Crippen LogP contribution is 2.16. The van der Waals surface area contributed by atoms with E-state index in [2.05, 4.69) is 20.6 Å². The van der Waals surface area contributed by atoms with Gasteiger partial charge in [0.25, 0.3) is 5.91 Å². The summed E-state index contributed by atoms with van der Waals surface area (Å²) >= 11 is 1.24. The molecule has 116 valence electrons. The maximum atomic E-state index is 12.0. The molecule has 0 fully saturated rings. The minimum Gasteiger partial charge on any atom is -0.345 e. The van der Waals surface area contributed by atoms with Crippen molar-refractivity contribution in [3.63, 3.8) is 0 Å². The molecule has 22 heavy (non-hydrogen) atoms. The van der Waals surface area contributed by atoms with Gasteiger partial charge in [-0.3, -0.25) is 14.6 Å². The minimum absolute atomic E-state index is 0.0928. The van der Waals surface area contributed by atoms with Crippen molar-refractivity contribution < 1.29 is 9.59 Å². The zero-order valence-electron chi connectivity index (χ0n) is 12.5. The van der Waals surface area contributed by atoms with Gasteiger partial charge in [0.05, 0.1) is 12.2 Å². The number of carbonyl (C=O) groups is 2. The van der Waals surface area contributed by atoms with Crippen molar-refractivity contribution in [1.29, 1.82) is 0 Å². The van der Waals surface area contributed by atoms with E-state index in [-0.39, 0.29) is 17.7 Å². The Bertz CT molecular complexity index is 640. The van der Waals surface area contributed by atoms with Gasteiger partial charge in [-0.1, -0.05) is 19.9 Å². The molecule has 0 radical (unpaired) electrons. The predicted molar refractivity (Wildman–Crippen MR) is 85.6 cm³/mol. The summed E-state index contributed by atoms with van der Waals surface area (Å²) in [5.74, 6) is -0.0999. The zero-order chi connectivity index (χ0) is 15.9. The van der Waals surface area contributed by atoms with Gasteiger partial charge in [0, 0.05) is 18.0 Å². The lowest BCUT2D eigenvalue weighted by Gasteiger charge is -2.04. The summed E-state index contributed by atoms with van der Waals surface area (Å²) in [4.78, 5) is 31.9. The van der Waals surface area contributed by atoms with Gasteiger partial charge < -0.3 is 10.6 Å². The topological polar surface area (TPSA) is 84.0 Å². The second kappa shape index (κ2) is 7.65. The number of carbonyl (C=O) groups excluding carboxylic acids is 2. The van der Waals surface area contributed by atoms with Crippen LogP contribution in [0, 0.1) is 5.92 Å². The van der Waals surface area contributed by atoms with E-state index in [4.69, 9.17) is 0 Å². The third-order valence-corrected chi connectivity index (χ3v) is 3.49. The monoisotopic (exact) mass is 318 g/mol. The molecule has 0 saturated carbocycles. The molecule has 0 aliphatic heterocycles. The van der Waals surface area contributed by atoms with Gasteiger partial charge in [-0.25, -0.2) is 4.98 Å². The molecule has 2 rings (SSSR count). The molecule has 6 nitrogen and oxygen atoms in total. The SMILES string of the molecule is CC(C)CC(=O)Nc1nc(C(=O)NCc2ccccn2)cs1. The molecule has 7 heteroatoms. The number of anilines is 1. The first-order chi connectivity index (χ1) is 10.5. The van der Waals surface area contributed by atoms with Gasteiger partial charge >= 0.3 is 0 Å². The average molecular weight is 318 g/mol. The summed E-state index contributed by atoms with van der Waals surface area (Å²) in [5, 5.41) is 7.50. The van der Waals surface area contributed by atoms with Crippen molar-refractivity contribution >= 4 is 28.3 Å². The Labute approximate surface area is 133 Å². The number of amides is 2. The Morgan fingerprint density at radius 2 is 2.14 bits per heavy atom. The third kappa shape index (κ3) is 4.92. The van der Waals surface area contributed by atoms with Crippen LogP contribution in [0.1, 0.15) is 36.5 Å². The minimum atomic E-state index is -0.286. The van der Waals surface area contributed by atoms with Gasteiger partial charge in [0.1, 0.15) is 5.69 Å². The average Bonchev–Trinajstić information content (AvgIpc) is 2.93. The van der Waals surface area contributed by atoms with E-state index in [0.29, 0.717) is 23.8 Å². The van der Waals surface area contributed by atoms with Gasteiger partial charge in [0.15, 0.2) is 5.13 Å².